The van der Waals surface area contributed by atoms with Crippen molar-refractivity contribution in [3.8, 4) is 23.0 Å². The van der Waals surface area contributed by atoms with Crippen LogP contribution in [-0.2, 0) is 6.42 Å². The number of nitrogens with zero attached hydrogens (tertiary/aromatic N) is 1. The molecule has 0 fully saturated rings. The number of nitrogens with one attached hydrogen (secondary N) is 2. The van der Waals surface area contributed by atoms with E-state index in [1.54, 1.807) is 46.6 Å². The molecule has 0 radical (unpaired) electrons. The molecular formula is C23H33N3O5. The minimum atomic E-state index is -0.827. The quantitative estimate of drug-likeness (QED) is 0.372. The molecule has 0 bridgehead atoms. The summed E-state index contributed by atoms with van der Waals surface area (Å²) in [5.74, 6) is 3.28. The highest BCUT2D eigenvalue weighted by molar-refractivity contribution is 5.79. The highest BCUT2D eigenvalue weighted by Crippen LogP contribution is 2.29. The number of aliphatic imine (C=N–C) groups is 1. The molecule has 0 heterocycles. The Morgan fingerprint density at radius 2 is 1.61 bits per heavy atom. The Labute approximate surface area is 184 Å². The van der Waals surface area contributed by atoms with Crippen molar-refractivity contribution in [3.63, 3.8) is 0 Å². The van der Waals surface area contributed by atoms with Gasteiger partial charge in [-0.15, -0.1) is 0 Å². The fourth-order valence-electron chi connectivity index (χ4n) is 3.08. The summed E-state index contributed by atoms with van der Waals surface area (Å²) in [6, 6.07) is 11.2. The topological polar surface area (TPSA) is 93.6 Å². The molecule has 2 aromatic carbocycles. The van der Waals surface area contributed by atoms with Crippen LogP contribution in [-0.4, -0.2) is 59.1 Å². The van der Waals surface area contributed by atoms with Gasteiger partial charge in [-0.2, -0.15) is 0 Å². The second-order valence-corrected chi connectivity index (χ2v) is 6.71. The molecule has 0 saturated carbocycles. The van der Waals surface area contributed by atoms with E-state index in [0.29, 0.717) is 47.6 Å². The van der Waals surface area contributed by atoms with E-state index < -0.39 is 6.10 Å². The molecule has 0 spiro atoms. The van der Waals surface area contributed by atoms with Crippen molar-refractivity contribution in [1.29, 1.82) is 0 Å². The van der Waals surface area contributed by atoms with Crippen molar-refractivity contribution in [2.75, 3.05) is 48.1 Å². The fourth-order valence-corrected chi connectivity index (χ4v) is 3.08. The first-order chi connectivity index (χ1) is 15.1. The van der Waals surface area contributed by atoms with Crippen molar-refractivity contribution in [1.82, 2.24) is 10.6 Å². The molecule has 0 aliphatic heterocycles. The number of benzene rings is 2. The van der Waals surface area contributed by atoms with Gasteiger partial charge in [0.25, 0.3) is 0 Å². The zero-order valence-electron chi connectivity index (χ0n) is 18.9. The number of aliphatic hydroxyl groups is 1. The first-order valence-electron chi connectivity index (χ1n) is 10.2. The molecule has 8 nitrogen and oxygen atoms in total. The van der Waals surface area contributed by atoms with E-state index in [9.17, 15) is 5.11 Å². The van der Waals surface area contributed by atoms with E-state index in [-0.39, 0.29) is 6.54 Å². The van der Waals surface area contributed by atoms with Gasteiger partial charge in [0.15, 0.2) is 17.5 Å². The van der Waals surface area contributed by atoms with E-state index in [0.717, 1.165) is 12.0 Å². The Balaban J connectivity index is 2.00. The Hall–Kier alpha value is -3.13. The average molecular weight is 432 g/mol. The molecule has 0 saturated heterocycles. The van der Waals surface area contributed by atoms with Gasteiger partial charge in [-0.1, -0.05) is 6.07 Å². The summed E-state index contributed by atoms with van der Waals surface area (Å²) in [4.78, 5) is 4.52. The molecule has 170 valence electrons. The molecule has 2 aromatic rings. The third-order valence-corrected chi connectivity index (χ3v) is 4.72. The summed E-state index contributed by atoms with van der Waals surface area (Å²) in [7, 11) is 6.40. The van der Waals surface area contributed by atoms with Gasteiger partial charge in [-0.3, -0.25) is 4.99 Å². The maximum Gasteiger partial charge on any atom is 0.191 e. The number of ether oxygens (including phenoxy) is 4. The molecule has 31 heavy (non-hydrogen) atoms. The van der Waals surface area contributed by atoms with Crippen molar-refractivity contribution in [2.24, 2.45) is 4.99 Å². The number of hydrogen-bond acceptors (Lipinski definition) is 6. The Bertz CT molecular complexity index is 857. The number of aliphatic hydroxyl groups excluding tert-OH is 1. The molecule has 3 N–H and O–H groups in total. The number of guanidine groups is 1. The highest BCUT2D eigenvalue weighted by Gasteiger charge is 2.15. The van der Waals surface area contributed by atoms with Crippen LogP contribution in [0.2, 0.25) is 0 Å². The first-order valence-corrected chi connectivity index (χ1v) is 10.2. The maximum absolute atomic E-state index is 10.7. The first kappa shape index (κ1) is 24.1. The summed E-state index contributed by atoms with van der Waals surface area (Å²) >= 11 is 0. The van der Waals surface area contributed by atoms with Crippen molar-refractivity contribution < 1.29 is 24.1 Å². The molecule has 0 amide bonds. The van der Waals surface area contributed by atoms with Gasteiger partial charge in [-0.05, 0) is 49.2 Å². The Kier molecular flexibility index (Phi) is 9.77. The third-order valence-electron chi connectivity index (χ3n) is 4.72. The number of rotatable bonds is 11. The van der Waals surface area contributed by atoms with E-state index in [4.69, 9.17) is 18.9 Å². The maximum atomic E-state index is 10.7. The minimum Gasteiger partial charge on any atom is -0.497 e. The monoisotopic (exact) mass is 431 g/mol. The van der Waals surface area contributed by atoms with Crippen LogP contribution in [0.3, 0.4) is 0 Å². The second-order valence-electron chi connectivity index (χ2n) is 6.71. The molecule has 8 heteroatoms. The molecule has 0 aliphatic rings. The van der Waals surface area contributed by atoms with Gasteiger partial charge in [0.1, 0.15) is 17.6 Å². The van der Waals surface area contributed by atoms with Gasteiger partial charge in [0, 0.05) is 18.7 Å². The lowest BCUT2D eigenvalue weighted by molar-refractivity contribution is 0.182. The van der Waals surface area contributed by atoms with Crippen LogP contribution < -0.4 is 29.6 Å². The predicted octanol–water partition coefficient (Wildman–Crippen LogP) is 2.55. The van der Waals surface area contributed by atoms with Crippen molar-refractivity contribution in [3.05, 3.63) is 47.5 Å². The van der Waals surface area contributed by atoms with Crippen LogP contribution in [0.15, 0.2) is 41.4 Å². The predicted molar refractivity (Wildman–Crippen MR) is 122 cm³/mol. The lowest BCUT2D eigenvalue weighted by Gasteiger charge is -2.16. The Morgan fingerprint density at radius 1 is 0.903 bits per heavy atom. The van der Waals surface area contributed by atoms with Crippen molar-refractivity contribution in [2.45, 2.75) is 19.4 Å². The van der Waals surface area contributed by atoms with Crippen LogP contribution in [0, 0.1) is 0 Å². The zero-order chi connectivity index (χ0) is 22.6. The summed E-state index contributed by atoms with van der Waals surface area (Å²) in [6.45, 7) is 3.54. The summed E-state index contributed by atoms with van der Waals surface area (Å²) < 4.78 is 21.2. The Morgan fingerprint density at radius 3 is 2.26 bits per heavy atom. The SMILES string of the molecule is CCNC(=NCC(O)c1cc(OC)ccc1OC)NCCc1ccc(OC)c(OC)c1. The second kappa shape index (κ2) is 12.5. The van der Waals surface area contributed by atoms with Gasteiger partial charge in [0.2, 0.25) is 0 Å². The van der Waals surface area contributed by atoms with Crippen LogP contribution in [0.5, 0.6) is 23.0 Å². The van der Waals surface area contributed by atoms with Gasteiger partial charge >= 0.3 is 0 Å². The van der Waals surface area contributed by atoms with Crippen LogP contribution in [0.25, 0.3) is 0 Å². The summed E-state index contributed by atoms with van der Waals surface area (Å²) in [5.41, 5.74) is 1.74. The van der Waals surface area contributed by atoms with Crippen LogP contribution in [0.4, 0.5) is 0 Å². The molecule has 1 atom stereocenters. The average Bonchev–Trinajstić information content (AvgIpc) is 2.81. The van der Waals surface area contributed by atoms with E-state index in [1.165, 1.54) is 0 Å². The molecule has 2 rings (SSSR count). The lowest BCUT2D eigenvalue weighted by Crippen LogP contribution is -2.38. The summed E-state index contributed by atoms with van der Waals surface area (Å²) in [5, 5.41) is 17.1. The smallest absolute Gasteiger partial charge is 0.191 e. The molecule has 0 aliphatic carbocycles. The number of hydrogen-bond donors (Lipinski definition) is 3. The van der Waals surface area contributed by atoms with E-state index in [2.05, 4.69) is 15.6 Å². The fraction of sp³-hybridized carbons (Fsp3) is 0.435. The summed E-state index contributed by atoms with van der Waals surface area (Å²) in [6.07, 6.45) is -0.0526. The normalized spacial score (nSPS) is 12.1. The van der Waals surface area contributed by atoms with E-state index >= 15 is 0 Å². The lowest BCUT2D eigenvalue weighted by atomic mass is 10.1. The van der Waals surface area contributed by atoms with Gasteiger partial charge < -0.3 is 34.7 Å². The highest BCUT2D eigenvalue weighted by atomic mass is 16.5. The number of methoxy groups -OCH3 is 4. The van der Waals surface area contributed by atoms with Gasteiger partial charge in [0.05, 0.1) is 35.0 Å². The molecule has 0 aromatic heterocycles. The largest absolute Gasteiger partial charge is 0.497 e. The standard InChI is InChI=1S/C23H33N3O5/c1-6-24-23(25-12-11-16-7-9-21(30-4)22(13-16)31-5)26-15-19(27)18-14-17(28-2)8-10-20(18)29-3/h7-10,13-14,19,27H,6,11-12,15H2,1-5H3,(H2,24,25,26). The van der Waals surface area contributed by atoms with E-state index in [1.807, 2.05) is 25.1 Å². The van der Waals surface area contributed by atoms with Crippen molar-refractivity contribution >= 4 is 5.96 Å². The zero-order valence-corrected chi connectivity index (χ0v) is 18.9. The third kappa shape index (κ3) is 6.96. The minimum absolute atomic E-state index is 0.176. The van der Waals surface area contributed by atoms with Crippen LogP contribution in [0.1, 0.15) is 24.2 Å². The van der Waals surface area contributed by atoms with Crippen LogP contribution >= 0.6 is 0 Å². The van der Waals surface area contributed by atoms with Gasteiger partial charge in [-0.25, -0.2) is 0 Å². The molecular weight excluding hydrogens is 398 g/mol. The molecule has 1 unspecified atom stereocenters.